The lowest BCUT2D eigenvalue weighted by Crippen LogP contribution is -2.16. The average molecular weight is 429 g/mol. The van der Waals surface area contributed by atoms with Crippen molar-refractivity contribution in [2.24, 2.45) is 5.92 Å². The highest BCUT2D eigenvalue weighted by Crippen LogP contribution is 2.20. The average Bonchev–Trinajstić information content (AvgIpc) is 2.80. The van der Waals surface area contributed by atoms with E-state index in [4.69, 9.17) is 4.74 Å². The first-order valence-electron chi connectivity index (χ1n) is 12.3. The van der Waals surface area contributed by atoms with Crippen molar-refractivity contribution in [2.75, 3.05) is 6.61 Å². The van der Waals surface area contributed by atoms with E-state index in [-0.39, 0.29) is 5.92 Å². The Morgan fingerprint density at radius 2 is 1.48 bits per heavy atom. The number of ether oxygens (including phenoxy) is 1. The van der Waals surface area contributed by atoms with Crippen molar-refractivity contribution < 1.29 is 9.13 Å². The highest BCUT2D eigenvalue weighted by Gasteiger charge is 2.15. The Hall–Kier alpha value is -1.97. The van der Waals surface area contributed by atoms with E-state index in [9.17, 15) is 4.39 Å². The van der Waals surface area contributed by atoms with E-state index in [0.29, 0.717) is 24.6 Å². The predicted octanol–water partition coefficient (Wildman–Crippen LogP) is 7.98. The van der Waals surface area contributed by atoms with Crippen molar-refractivity contribution in [1.29, 1.82) is 0 Å². The van der Waals surface area contributed by atoms with Crippen molar-refractivity contribution in [1.82, 2.24) is 9.97 Å². The number of benzene rings is 1. The van der Waals surface area contributed by atoms with Crippen LogP contribution in [0.4, 0.5) is 4.39 Å². The Morgan fingerprint density at radius 1 is 0.839 bits per heavy atom. The van der Waals surface area contributed by atoms with Gasteiger partial charge >= 0.3 is 0 Å². The van der Waals surface area contributed by atoms with Crippen LogP contribution in [0.15, 0.2) is 36.7 Å². The second-order valence-corrected chi connectivity index (χ2v) is 8.73. The van der Waals surface area contributed by atoms with E-state index in [1.165, 1.54) is 44.1 Å². The zero-order chi connectivity index (χ0) is 22.3. The summed E-state index contributed by atoms with van der Waals surface area (Å²) in [6.07, 6.45) is 15.1. The third-order valence-electron chi connectivity index (χ3n) is 5.95. The molecule has 2 aromatic rings. The van der Waals surface area contributed by atoms with Gasteiger partial charge in [0.1, 0.15) is 6.17 Å². The molecule has 0 N–H and O–H groups in total. The second kappa shape index (κ2) is 14.9. The molecule has 0 radical (unpaired) electrons. The quantitative estimate of drug-likeness (QED) is 0.254. The standard InChI is InChI=1S/C27H41FN2O/c1-4-6-8-9-10-11-13-23-14-16-24(17-15-23)27-29-20-25(21-30-27)31-19-18-26(28)22(3)12-7-5-2/h14-17,20-22,26H,4-13,18-19H2,1-3H3. The van der Waals surface area contributed by atoms with Gasteiger partial charge in [-0.2, -0.15) is 0 Å². The number of unbranched alkanes of at least 4 members (excludes halogenated alkanes) is 6. The van der Waals surface area contributed by atoms with Gasteiger partial charge in [-0.25, -0.2) is 14.4 Å². The summed E-state index contributed by atoms with van der Waals surface area (Å²) in [5.74, 6) is 1.37. The maximum absolute atomic E-state index is 14.2. The number of rotatable bonds is 16. The SMILES string of the molecule is CCCCCCCCc1ccc(-c2ncc(OCCC(F)C(C)CCCC)cn2)cc1. The van der Waals surface area contributed by atoms with Gasteiger partial charge in [0.2, 0.25) is 0 Å². The molecular weight excluding hydrogens is 387 g/mol. The number of hydrogen-bond acceptors (Lipinski definition) is 3. The van der Waals surface area contributed by atoms with Gasteiger partial charge in [0.15, 0.2) is 11.6 Å². The first kappa shape index (κ1) is 25.3. The molecule has 172 valence electrons. The van der Waals surface area contributed by atoms with Crippen LogP contribution in [0, 0.1) is 5.92 Å². The van der Waals surface area contributed by atoms with Crippen molar-refractivity contribution >= 4 is 0 Å². The number of aryl methyl sites for hydroxylation is 1. The largest absolute Gasteiger partial charge is 0.490 e. The first-order valence-corrected chi connectivity index (χ1v) is 12.3. The highest BCUT2D eigenvalue weighted by atomic mass is 19.1. The van der Waals surface area contributed by atoms with Crippen LogP contribution in [0.2, 0.25) is 0 Å². The molecule has 3 nitrogen and oxygen atoms in total. The third-order valence-corrected chi connectivity index (χ3v) is 5.95. The first-order chi connectivity index (χ1) is 15.1. The normalized spacial score (nSPS) is 13.2. The molecule has 2 unspecified atom stereocenters. The highest BCUT2D eigenvalue weighted by molar-refractivity contribution is 5.55. The summed E-state index contributed by atoms with van der Waals surface area (Å²) in [4.78, 5) is 8.85. The molecule has 1 heterocycles. The van der Waals surface area contributed by atoms with Crippen molar-refractivity contribution in [3.05, 3.63) is 42.2 Å². The lowest BCUT2D eigenvalue weighted by Gasteiger charge is -2.16. The number of aromatic nitrogens is 2. The molecule has 0 amide bonds. The van der Waals surface area contributed by atoms with Gasteiger partial charge in [-0.15, -0.1) is 0 Å². The van der Waals surface area contributed by atoms with E-state index < -0.39 is 6.17 Å². The van der Waals surface area contributed by atoms with Gasteiger partial charge in [-0.1, -0.05) is 90.0 Å². The van der Waals surface area contributed by atoms with Crippen LogP contribution >= 0.6 is 0 Å². The molecule has 0 aliphatic heterocycles. The Morgan fingerprint density at radius 3 is 2.16 bits per heavy atom. The van der Waals surface area contributed by atoms with E-state index in [1.807, 2.05) is 6.92 Å². The minimum atomic E-state index is -0.818. The van der Waals surface area contributed by atoms with Crippen LogP contribution in [0.5, 0.6) is 5.75 Å². The summed E-state index contributed by atoms with van der Waals surface area (Å²) < 4.78 is 19.8. The predicted molar refractivity (Wildman–Crippen MR) is 128 cm³/mol. The minimum absolute atomic E-state index is 0.0891. The Bertz CT molecular complexity index is 702. The Balaban J connectivity index is 1.73. The Labute approximate surface area is 188 Å². The van der Waals surface area contributed by atoms with Crippen molar-refractivity contribution in [3.8, 4) is 17.1 Å². The van der Waals surface area contributed by atoms with Crippen LogP contribution in [-0.4, -0.2) is 22.7 Å². The van der Waals surface area contributed by atoms with Crippen molar-refractivity contribution in [2.45, 2.75) is 97.6 Å². The molecule has 0 bridgehead atoms. The molecule has 2 rings (SSSR count). The van der Waals surface area contributed by atoms with Crippen LogP contribution in [0.3, 0.4) is 0 Å². The summed E-state index contributed by atoms with van der Waals surface area (Å²) in [5, 5.41) is 0. The maximum atomic E-state index is 14.2. The van der Waals surface area contributed by atoms with Gasteiger partial charge in [-0.05, 0) is 30.7 Å². The summed E-state index contributed by atoms with van der Waals surface area (Å²) >= 11 is 0. The second-order valence-electron chi connectivity index (χ2n) is 8.73. The molecule has 2 atom stereocenters. The molecule has 0 saturated heterocycles. The summed E-state index contributed by atoms with van der Waals surface area (Å²) in [5.41, 5.74) is 2.37. The fourth-order valence-electron chi connectivity index (χ4n) is 3.75. The molecule has 1 aromatic carbocycles. The summed E-state index contributed by atoms with van der Waals surface area (Å²) in [7, 11) is 0. The van der Waals surface area contributed by atoms with Gasteiger partial charge in [0.25, 0.3) is 0 Å². The molecule has 0 aliphatic carbocycles. The van der Waals surface area contributed by atoms with Gasteiger partial charge in [0, 0.05) is 12.0 Å². The fraction of sp³-hybridized carbons (Fsp3) is 0.630. The molecule has 1 aromatic heterocycles. The van der Waals surface area contributed by atoms with E-state index >= 15 is 0 Å². The van der Waals surface area contributed by atoms with Crippen molar-refractivity contribution in [3.63, 3.8) is 0 Å². The lowest BCUT2D eigenvalue weighted by molar-refractivity contribution is 0.177. The van der Waals surface area contributed by atoms with Gasteiger partial charge < -0.3 is 4.74 Å². The van der Waals surface area contributed by atoms with Gasteiger partial charge in [0.05, 0.1) is 19.0 Å². The lowest BCUT2D eigenvalue weighted by atomic mass is 9.97. The zero-order valence-electron chi connectivity index (χ0n) is 19.8. The Kier molecular flexibility index (Phi) is 12.2. The molecular formula is C27H41FN2O. The number of nitrogens with zero attached hydrogens (tertiary/aromatic N) is 2. The number of halogens is 1. The maximum Gasteiger partial charge on any atom is 0.159 e. The monoisotopic (exact) mass is 428 g/mol. The van der Waals surface area contributed by atoms with E-state index in [1.54, 1.807) is 12.4 Å². The summed E-state index contributed by atoms with van der Waals surface area (Å²) in [6, 6.07) is 8.54. The number of hydrogen-bond donors (Lipinski definition) is 0. The van der Waals surface area contributed by atoms with Crippen LogP contribution in [-0.2, 0) is 6.42 Å². The van der Waals surface area contributed by atoms with Gasteiger partial charge in [-0.3, -0.25) is 0 Å². The van der Waals surface area contributed by atoms with E-state index in [2.05, 4.69) is 48.1 Å². The zero-order valence-corrected chi connectivity index (χ0v) is 19.8. The minimum Gasteiger partial charge on any atom is -0.490 e. The van der Waals surface area contributed by atoms with Crippen LogP contribution < -0.4 is 4.74 Å². The molecule has 4 heteroatoms. The molecule has 0 fully saturated rings. The molecule has 0 saturated carbocycles. The third kappa shape index (κ3) is 9.80. The molecule has 0 spiro atoms. The topological polar surface area (TPSA) is 35.0 Å². The smallest absolute Gasteiger partial charge is 0.159 e. The fourth-order valence-corrected chi connectivity index (χ4v) is 3.75. The molecule has 31 heavy (non-hydrogen) atoms. The molecule has 0 aliphatic rings. The van der Waals surface area contributed by atoms with E-state index in [0.717, 1.165) is 31.2 Å². The summed E-state index contributed by atoms with van der Waals surface area (Å²) in [6.45, 7) is 6.73. The van der Waals surface area contributed by atoms with Crippen LogP contribution in [0.25, 0.3) is 11.4 Å². The van der Waals surface area contributed by atoms with Crippen LogP contribution in [0.1, 0.15) is 90.5 Å². The number of alkyl halides is 1.